The highest BCUT2D eigenvalue weighted by Gasteiger charge is 2.25. The molecule has 1 fully saturated rings. The number of hydrogen-bond donors (Lipinski definition) is 0. The van der Waals surface area contributed by atoms with Gasteiger partial charge in [0.1, 0.15) is 5.15 Å². The van der Waals surface area contributed by atoms with Crippen molar-refractivity contribution in [2.75, 3.05) is 19.6 Å². The van der Waals surface area contributed by atoms with Gasteiger partial charge in [-0.25, -0.2) is 17.4 Å². The third-order valence-corrected chi connectivity index (χ3v) is 7.39. The molecule has 7 heteroatoms. The first-order valence-electron chi connectivity index (χ1n) is 9.67. The highest BCUT2D eigenvalue weighted by atomic mass is 35.5. The predicted molar refractivity (Wildman–Crippen MR) is 113 cm³/mol. The molecule has 1 saturated heterocycles. The van der Waals surface area contributed by atoms with E-state index in [4.69, 9.17) is 11.6 Å². The number of aryl methyl sites for hydroxylation is 1. The maximum atomic E-state index is 13.5. The molecular weight excluding hydrogens is 394 g/mol. The minimum Gasteiger partial charge on any atom is -0.303 e. The second-order valence-corrected chi connectivity index (χ2v) is 9.50. The highest BCUT2D eigenvalue weighted by molar-refractivity contribution is 7.90. The Kier molecular flexibility index (Phi) is 5.45. The average Bonchev–Trinajstić information content (AvgIpc) is 3.07. The van der Waals surface area contributed by atoms with Crippen LogP contribution in [0.5, 0.6) is 0 Å². The third kappa shape index (κ3) is 3.69. The van der Waals surface area contributed by atoms with E-state index >= 15 is 0 Å². The molecule has 3 heterocycles. The van der Waals surface area contributed by atoms with Crippen LogP contribution in [0, 0.1) is 6.92 Å². The number of nitrogens with zero attached hydrogens (tertiary/aromatic N) is 3. The van der Waals surface area contributed by atoms with Crippen LogP contribution in [-0.2, 0) is 16.4 Å². The van der Waals surface area contributed by atoms with Crippen LogP contribution in [0.25, 0.3) is 10.9 Å². The molecule has 0 atom stereocenters. The topological polar surface area (TPSA) is 55.2 Å². The standard InChI is InChI=1S/C21H24ClN3O2S/c1-16-14-20-19(21(22)23-16)15-17(10-13-24-11-6-3-7-12-24)25(20)28(26,27)18-8-4-2-5-9-18/h2,4-5,8-9,14-15H,3,6-7,10-13H2,1H3. The molecule has 2 aromatic heterocycles. The molecule has 148 valence electrons. The molecule has 0 aliphatic carbocycles. The van der Waals surface area contributed by atoms with E-state index in [2.05, 4.69) is 9.88 Å². The second-order valence-electron chi connectivity index (χ2n) is 7.36. The predicted octanol–water partition coefficient (Wildman–Crippen LogP) is 4.26. The zero-order valence-electron chi connectivity index (χ0n) is 15.9. The van der Waals surface area contributed by atoms with Gasteiger partial charge in [-0.05, 0) is 57.1 Å². The molecule has 0 spiro atoms. The summed E-state index contributed by atoms with van der Waals surface area (Å²) in [5.74, 6) is 0. The van der Waals surface area contributed by atoms with E-state index in [1.807, 2.05) is 19.1 Å². The van der Waals surface area contributed by atoms with Crippen LogP contribution in [-0.4, -0.2) is 41.9 Å². The van der Waals surface area contributed by atoms with Gasteiger partial charge >= 0.3 is 0 Å². The van der Waals surface area contributed by atoms with E-state index in [1.165, 1.54) is 23.2 Å². The summed E-state index contributed by atoms with van der Waals surface area (Å²) in [6.45, 7) is 4.82. The van der Waals surface area contributed by atoms with Gasteiger partial charge < -0.3 is 4.90 Å². The van der Waals surface area contributed by atoms with Gasteiger partial charge in [0.25, 0.3) is 10.0 Å². The molecule has 3 aromatic rings. The van der Waals surface area contributed by atoms with Crippen LogP contribution in [0.1, 0.15) is 30.7 Å². The number of aromatic nitrogens is 2. The highest BCUT2D eigenvalue weighted by Crippen LogP contribution is 2.30. The Morgan fingerprint density at radius 1 is 1.07 bits per heavy atom. The van der Waals surface area contributed by atoms with Gasteiger partial charge in [0.2, 0.25) is 0 Å². The molecule has 1 aromatic carbocycles. The van der Waals surface area contributed by atoms with Gasteiger partial charge in [-0.2, -0.15) is 0 Å². The fraction of sp³-hybridized carbons (Fsp3) is 0.381. The molecule has 1 aliphatic rings. The van der Waals surface area contributed by atoms with E-state index in [0.717, 1.165) is 25.3 Å². The molecule has 0 unspecified atom stereocenters. The SMILES string of the molecule is Cc1cc2c(cc(CCN3CCCCC3)n2S(=O)(=O)c2ccccc2)c(Cl)n1. The van der Waals surface area contributed by atoms with Gasteiger partial charge in [0.05, 0.1) is 10.4 Å². The molecule has 4 rings (SSSR count). The van der Waals surface area contributed by atoms with Crippen molar-refractivity contribution in [2.24, 2.45) is 0 Å². The normalized spacial score (nSPS) is 15.9. The zero-order chi connectivity index (χ0) is 19.7. The third-order valence-electron chi connectivity index (χ3n) is 5.32. The van der Waals surface area contributed by atoms with Gasteiger partial charge in [0.15, 0.2) is 0 Å². The van der Waals surface area contributed by atoms with E-state index < -0.39 is 10.0 Å². The minimum absolute atomic E-state index is 0.275. The monoisotopic (exact) mass is 417 g/mol. The fourth-order valence-electron chi connectivity index (χ4n) is 3.92. The average molecular weight is 418 g/mol. The van der Waals surface area contributed by atoms with E-state index in [1.54, 1.807) is 30.3 Å². The lowest BCUT2D eigenvalue weighted by Gasteiger charge is -2.26. The number of piperidine rings is 1. The van der Waals surface area contributed by atoms with Crippen LogP contribution >= 0.6 is 11.6 Å². The van der Waals surface area contributed by atoms with Crippen molar-refractivity contribution < 1.29 is 8.42 Å². The fourth-order valence-corrected chi connectivity index (χ4v) is 5.78. The van der Waals surface area contributed by atoms with Crippen molar-refractivity contribution in [3.05, 3.63) is 59.0 Å². The number of halogens is 1. The number of rotatable bonds is 5. The smallest absolute Gasteiger partial charge is 0.268 e. The maximum absolute atomic E-state index is 13.5. The molecule has 0 N–H and O–H groups in total. The number of likely N-dealkylation sites (tertiary alicyclic amines) is 1. The van der Waals surface area contributed by atoms with Crippen molar-refractivity contribution >= 4 is 32.5 Å². The number of pyridine rings is 1. The molecule has 0 saturated carbocycles. The summed E-state index contributed by atoms with van der Waals surface area (Å²) in [7, 11) is -3.73. The summed E-state index contributed by atoms with van der Waals surface area (Å²) in [4.78, 5) is 6.99. The lowest BCUT2D eigenvalue weighted by atomic mass is 10.1. The summed E-state index contributed by atoms with van der Waals surface area (Å²) in [6.07, 6.45) is 4.34. The van der Waals surface area contributed by atoms with E-state index in [-0.39, 0.29) is 4.90 Å². The molecule has 28 heavy (non-hydrogen) atoms. The second kappa shape index (κ2) is 7.85. The van der Waals surface area contributed by atoms with Crippen LogP contribution in [0.15, 0.2) is 47.4 Å². The van der Waals surface area contributed by atoms with Crippen LogP contribution in [0.2, 0.25) is 5.15 Å². The molecule has 5 nitrogen and oxygen atoms in total. The molecule has 0 amide bonds. The molecule has 0 bridgehead atoms. The number of benzene rings is 1. The first kappa shape index (κ1) is 19.4. The first-order chi connectivity index (χ1) is 13.5. The van der Waals surface area contributed by atoms with Crippen molar-refractivity contribution in [1.29, 1.82) is 0 Å². The number of fused-ring (bicyclic) bond motifs is 1. The van der Waals surface area contributed by atoms with Crippen molar-refractivity contribution in [3.8, 4) is 0 Å². The Labute approximate surface area is 171 Å². The van der Waals surface area contributed by atoms with E-state index in [9.17, 15) is 8.42 Å². The maximum Gasteiger partial charge on any atom is 0.268 e. The van der Waals surface area contributed by atoms with Gasteiger partial charge in [-0.1, -0.05) is 36.2 Å². The largest absolute Gasteiger partial charge is 0.303 e. The Bertz CT molecular complexity index is 1090. The Hall–Kier alpha value is -1.89. The van der Waals surface area contributed by atoms with Gasteiger partial charge in [-0.3, -0.25) is 0 Å². The van der Waals surface area contributed by atoms with Crippen LogP contribution < -0.4 is 0 Å². The Morgan fingerprint density at radius 3 is 2.50 bits per heavy atom. The summed E-state index contributed by atoms with van der Waals surface area (Å²) in [5, 5.41) is 1.02. The van der Waals surface area contributed by atoms with Crippen LogP contribution in [0.4, 0.5) is 0 Å². The summed E-state index contributed by atoms with van der Waals surface area (Å²) >= 11 is 6.36. The zero-order valence-corrected chi connectivity index (χ0v) is 17.5. The molecule has 0 radical (unpaired) electrons. The first-order valence-corrected chi connectivity index (χ1v) is 11.5. The van der Waals surface area contributed by atoms with Crippen LogP contribution in [0.3, 0.4) is 0 Å². The van der Waals surface area contributed by atoms with E-state index in [0.29, 0.717) is 28.2 Å². The summed E-state index contributed by atoms with van der Waals surface area (Å²) in [6, 6.07) is 12.2. The van der Waals surface area contributed by atoms with Gasteiger partial charge in [-0.15, -0.1) is 0 Å². The molecular formula is C21H24ClN3O2S. The summed E-state index contributed by atoms with van der Waals surface area (Å²) < 4.78 is 28.4. The quantitative estimate of drug-likeness (QED) is 0.582. The summed E-state index contributed by atoms with van der Waals surface area (Å²) in [5.41, 5.74) is 2.04. The number of hydrogen-bond acceptors (Lipinski definition) is 4. The lowest BCUT2D eigenvalue weighted by Crippen LogP contribution is -2.32. The van der Waals surface area contributed by atoms with Gasteiger partial charge in [0, 0.05) is 29.7 Å². The van der Waals surface area contributed by atoms with Crippen molar-refractivity contribution in [1.82, 2.24) is 13.9 Å². The molecule has 1 aliphatic heterocycles. The minimum atomic E-state index is -3.73. The van der Waals surface area contributed by atoms with Crippen molar-refractivity contribution in [2.45, 2.75) is 37.5 Å². The Balaban J connectivity index is 1.82. The Morgan fingerprint density at radius 2 is 1.79 bits per heavy atom. The van der Waals surface area contributed by atoms with Crippen molar-refractivity contribution in [3.63, 3.8) is 0 Å². The lowest BCUT2D eigenvalue weighted by molar-refractivity contribution is 0.231.